The Hall–Kier alpha value is -2.75. The molecule has 0 spiro atoms. The highest BCUT2D eigenvalue weighted by Crippen LogP contribution is 2.12. The van der Waals surface area contributed by atoms with Gasteiger partial charge < -0.3 is 15.2 Å². The van der Waals surface area contributed by atoms with Crippen LogP contribution in [0.4, 0.5) is 4.79 Å². The van der Waals surface area contributed by atoms with E-state index in [0.717, 1.165) is 10.5 Å². The fourth-order valence-electron chi connectivity index (χ4n) is 1.78. The van der Waals surface area contributed by atoms with Gasteiger partial charge in [0.25, 0.3) is 5.91 Å². The molecule has 0 heterocycles. The SMILES string of the molecule is CC(C)COC(=O)NC(Cc1ccc(O)cc1)C(=O)N(C)C#N. The molecule has 0 aliphatic rings. The Morgan fingerprint density at radius 3 is 2.48 bits per heavy atom. The molecule has 23 heavy (non-hydrogen) atoms. The van der Waals surface area contributed by atoms with Crippen LogP contribution < -0.4 is 5.32 Å². The number of phenolic OH excluding ortho intramolecular Hbond substituents is 1. The molecule has 0 bridgehead atoms. The average Bonchev–Trinajstić information content (AvgIpc) is 2.52. The molecular weight excluding hydrogens is 298 g/mol. The molecule has 1 aromatic rings. The predicted octanol–water partition coefficient (Wildman–Crippen LogP) is 1.62. The van der Waals surface area contributed by atoms with Crippen molar-refractivity contribution in [1.29, 1.82) is 5.26 Å². The summed E-state index contributed by atoms with van der Waals surface area (Å²) in [7, 11) is 1.33. The first-order valence-electron chi connectivity index (χ1n) is 7.22. The van der Waals surface area contributed by atoms with Gasteiger partial charge in [-0.05, 0) is 23.6 Å². The van der Waals surface area contributed by atoms with Gasteiger partial charge >= 0.3 is 6.09 Å². The minimum Gasteiger partial charge on any atom is -0.508 e. The average molecular weight is 319 g/mol. The number of nitriles is 1. The summed E-state index contributed by atoms with van der Waals surface area (Å²) in [6.45, 7) is 4.03. The van der Waals surface area contributed by atoms with Gasteiger partial charge in [-0.15, -0.1) is 0 Å². The van der Waals surface area contributed by atoms with Gasteiger partial charge in [0.15, 0.2) is 6.19 Å². The maximum atomic E-state index is 12.2. The molecule has 0 fully saturated rings. The first kappa shape index (κ1) is 18.3. The molecule has 0 aliphatic heterocycles. The number of carbonyl (C=O) groups excluding carboxylic acids is 2. The Morgan fingerprint density at radius 1 is 1.35 bits per heavy atom. The summed E-state index contributed by atoms with van der Waals surface area (Å²) in [5, 5.41) is 20.6. The topological polar surface area (TPSA) is 103 Å². The van der Waals surface area contributed by atoms with E-state index >= 15 is 0 Å². The molecule has 1 atom stereocenters. The lowest BCUT2D eigenvalue weighted by Crippen LogP contribution is -2.47. The number of amides is 2. The smallest absolute Gasteiger partial charge is 0.407 e. The summed E-state index contributed by atoms with van der Waals surface area (Å²) >= 11 is 0. The second-order valence-corrected chi connectivity index (χ2v) is 5.56. The minimum absolute atomic E-state index is 0.107. The van der Waals surface area contributed by atoms with Gasteiger partial charge in [0.2, 0.25) is 0 Å². The zero-order valence-corrected chi connectivity index (χ0v) is 13.4. The lowest BCUT2D eigenvalue weighted by atomic mass is 10.0. The number of alkyl carbamates (subject to hydrolysis) is 1. The number of carbonyl (C=O) groups is 2. The Balaban J connectivity index is 2.80. The summed E-state index contributed by atoms with van der Waals surface area (Å²) in [5.74, 6) is -0.258. The van der Waals surface area contributed by atoms with Crippen LogP contribution in [0.2, 0.25) is 0 Å². The number of hydrogen-bond acceptors (Lipinski definition) is 5. The van der Waals surface area contributed by atoms with Crippen molar-refractivity contribution < 1.29 is 19.4 Å². The number of phenols is 1. The fraction of sp³-hybridized carbons (Fsp3) is 0.438. The molecule has 0 saturated heterocycles. The quantitative estimate of drug-likeness (QED) is 0.613. The van der Waals surface area contributed by atoms with Crippen molar-refractivity contribution in [2.24, 2.45) is 5.92 Å². The van der Waals surface area contributed by atoms with E-state index in [1.807, 2.05) is 13.8 Å². The van der Waals surface area contributed by atoms with Crippen LogP contribution in [-0.4, -0.2) is 41.7 Å². The maximum Gasteiger partial charge on any atom is 0.407 e. The lowest BCUT2D eigenvalue weighted by molar-refractivity contribution is -0.129. The van der Waals surface area contributed by atoms with E-state index < -0.39 is 18.0 Å². The Labute approximate surface area is 135 Å². The lowest BCUT2D eigenvalue weighted by Gasteiger charge is -2.20. The normalized spacial score (nSPS) is 11.4. The first-order chi connectivity index (χ1) is 10.8. The molecule has 124 valence electrons. The van der Waals surface area contributed by atoms with Crippen LogP contribution >= 0.6 is 0 Å². The van der Waals surface area contributed by atoms with Gasteiger partial charge in [0.05, 0.1) is 6.61 Å². The molecule has 7 nitrogen and oxygen atoms in total. The Morgan fingerprint density at radius 2 is 1.96 bits per heavy atom. The molecule has 0 aliphatic carbocycles. The van der Waals surface area contributed by atoms with Crippen LogP contribution in [0, 0.1) is 17.4 Å². The maximum absolute atomic E-state index is 12.2. The fourth-order valence-corrected chi connectivity index (χ4v) is 1.78. The van der Waals surface area contributed by atoms with E-state index in [9.17, 15) is 14.7 Å². The number of hydrogen-bond donors (Lipinski definition) is 2. The van der Waals surface area contributed by atoms with Crippen molar-refractivity contribution in [3.05, 3.63) is 29.8 Å². The summed E-state index contributed by atoms with van der Waals surface area (Å²) in [5.41, 5.74) is 0.733. The van der Waals surface area contributed by atoms with Crippen molar-refractivity contribution in [2.75, 3.05) is 13.7 Å². The zero-order chi connectivity index (χ0) is 17.4. The molecular formula is C16H21N3O4. The number of nitrogens with one attached hydrogen (secondary N) is 1. The third kappa shape index (κ3) is 6.26. The van der Waals surface area contributed by atoms with Crippen molar-refractivity contribution in [2.45, 2.75) is 26.3 Å². The molecule has 2 amide bonds. The van der Waals surface area contributed by atoms with Gasteiger partial charge in [-0.2, -0.15) is 5.26 Å². The van der Waals surface area contributed by atoms with Crippen molar-refractivity contribution in [3.8, 4) is 11.9 Å². The largest absolute Gasteiger partial charge is 0.508 e. The van der Waals surface area contributed by atoms with E-state index in [2.05, 4.69) is 5.32 Å². The highest BCUT2D eigenvalue weighted by molar-refractivity contribution is 5.86. The van der Waals surface area contributed by atoms with Crippen LogP contribution in [0.3, 0.4) is 0 Å². The van der Waals surface area contributed by atoms with E-state index in [-0.39, 0.29) is 24.7 Å². The van der Waals surface area contributed by atoms with Gasteiger partial charge in [0, 0.05) is 13.5 Å². The summed E-state index contributed by atoms with van der Waals surface area (Å²) in [4.78, 5) is 24.8. The van der Waals surface area contributed by atoms with Gasteiger partial charge in [-0.1, -0.05) is 26.0 Å². The van der Waals surface area contributed by atoms with Crippen molar-refractivity contribution in [3.63, 3.8) is 0 Å². The second kappa shape index (κ2) is 8.63. The number of nitrogens with zero attached hydrogens (tertiary/aromatic N) is 2. The highest BCUT2D eigenvalue weighted by atomic mass is 16.5. The number of ether oxygens (including phenoxy) is 1. The molecule has 0 aromatic heterocycles. The van der Waals surface area contributed by atoms with Gasteiger partial charge in [-0.25, -0.2) is 4.79 Å². The molecule has 1 unspecified atom stereocenters. The summed E-state index contributed by atoms with van der Waals surface area (Å²) in [6, 6.07) is 5.33. The van der Waals surface area contributed by atoms with Crippen molar-refractivity contribution in [1.82, 2.24) is 10.2 Å². The van der Waals surface area contributed by atoms with Gasteiger partial charge in [0.1, 0.15) is 11.8 Å². The molecule has 7 heteroatoms. The number of likely N-dealkylation sites (N-methyl/N-ethyl adjacent to an activating group) is 1. The molecule has 1 rings (SSSR count). The minimum atomic E-state index is -0.927. The van der Waals surface area contributed by atoms with Crippen LogP contribution in [0.25, 0.3) is 0 Å². The van der Waals surface area contributed by atoms with Crippen molar-refractivity contribution >= 4 is 12.0 Å². The molecule has 2 N–H and O–H groups in total. The third-order valence-corrected chi connectivity index (χ3v) is 2.99. The molecule has 1 aromatic carbocycles. The summed E-state index contributed by atoms with van der Waals surface area (Å²) in [6.07, 6.45) is 1.19. The van der Waals surface area contributed by atoms with E-state index in [4.69, 9.17) is 10.00 Å². The van der Waals surface area contributed by atoms with Crippen LogP contribution in [0.5, 0.6) is 5.75 Å². The second-order valence-electron chi connectivity index (χ2n) is 5.56. The number of rotatable bonds is 6. The third-order valence-electron chi connectivity index (χ3n) is 2.99. The van der Waals surface area contributed by atoms with E-state index in [0.29, 0.717) is 0 Å². The van der Waals surface area contributed by atoms with Gasteiger partial charge in [-0.3, -0.25) is 9.69 Å². The van der Waals surface area contributed by atoms with Crippen LogP contribution in [0.1, 0.15) is 19.4 Å². The predicted molar refractivity (Wildman–Crippen MR) is 83.3 cm³/mol. The Kier molecular flexibility index (Phi) is 6.87. The van der Waals surface area contributed by atoms with Crippen LogP contribution in [0.15, 0.2) is 24.3 Å². The number of benzene rings is 1. The standard InChI is InChI=1S/C16H21N3O4/c1-11(2)9-23-16(22)18-14(15(21)19(3)10-17)8-12-4-6-13(20)7-5-12/h4-7,11,14,20H,8-9H2,1-3H3,(H,18,22). The zero-order valence-electron chi connectivity index (χ0n) is 13.4. The highest BCUT2D eigenvalue weighted by Gasteiger charge is 2.25. The van der Waals surface area contributed by atoms with E-state index in [1.165, 1.54) is 19.2 Å². The molecule has 0 radical (unpaired) electrons. The summed E-state index contributed by atoms with van der Waals surface area (Å²) < 4.78 is 5.01. The van der Waals surface area contributed by atoms with E-state index in [1.54, 1.807) is 18.3 Å². The first-order valence-corrected chi connectivity index (χ1v) is 7.22. The Bertz CT molecular complexity index is 578. The molecule has 0 saturated carbocycles. The number of aromatic hydroxyl groups is 1. The monoisotopic (exact) mass is 319 g/mol. The van der Waals surface area contributed by atoms with Crippen LogP contribution in [-0.2, 0) is 16.0 Å².